The topological polar surface area (TPSA) is 78.1 Å². The molecule has 0 fully saturated rings. The molecule has 3 aromatic carbocycles. The molecule has 158 valence electrons. The Hall–Kier alpha value is -3.77. The molecule has 31 heavy (non-hydrogen) atoms. The zero-order valence-corrected chi connectivity index (χ0v) is 17.3. The number of hydrogen-bond donors (Lipinski definition) is 1. The fourth-order valence-corrected chi connectivity index (χ4v) is 3.41. The van der Waals surface area contributed by atoms with Crippen LogP contribution in [0.5, 0.6) is 17.2 Å². The average molecular weight is 418 g/mol. The van der Waals surface area contributed by atoms with Crippen molar-refractivity contribution in [3.8, 4) is 28.4 Å². The molecule has 0 saturated carbocycles. The van der Waals surface area contributed by atoms with Crippen LogP contribution in [0, 0.1) is 0 Å². The first kappa shape index (κ1) is 20.5. The van der Waals surface area contributed by atoms with E-state index in [1.54, 1.807) is 37.4 Å². The number of rotatable bonds is 7. The summed E-state index contributed by atoms with van der Waals surface area (Å²) in [6, 6.07) is 18.4. The number of ether oxygens (including phenoxy) is 3. The third kappa shape index (κ3) is 4.11. The predicted octanol–water partition coefficient (Wildman–Crippen LogP) is 4.55. The molecule has 0 aliphatic heterocycles. The molecule has 0 amide bonds. The van der Waals surface area contributed by atoms with E-state index >= 15 is 0 Å². The lowest BCUT2D eigenvalue weighted by molar-refractivity contribution is 0.281. The maximum Gasteiger partial charge on any atom is 0.204 e. The normalized spacial score (nSPS) is 10.8. The summed E-state index contributed by atoms with van der Waals surface area (Å²) in [5.41, 5.74) is 2.76. The first-order valence-corrected chi connectivity index (χ1v) is 9.73. The van der Waals surface area contributed by atoms with Gasteiger partial charge in [-0.05, 0) is 41.0 Å². The monoisotopic (exact) mass is 418 g/mol. The quantitative estimate of drug-likeness (QED) is 0.474. The number of methoxy groups -OCH3 is 2. The van der Waals surface area contributed by atoms with Gasteiger partial charge >= 0.3 is 0 Å². The number of aliphatic hydroxyl groups excluding tert-OH is 1. The molecule has 4 rings (SSSR count). The molecule has 1 N–H and O–H groups in total. The number of benzene rings is 3. The molecule has 4 aromatic rings. The summed E-state index contributed by atoms with van der Waals surface area (Å²) in [4.78, 5) is 13.2. The first-order chi connectivity index (χ1) is 15.1. The van der Waals surface area contributed by atoms with Gasteiger partial charge in [0, 0.05) is 0 Å². The summed E-state index contributed by atoms with van der Waals surface area (Å²) in [6.07, 6.45) is 1.41. The van der Waals surface area contributed by atoms with Crippen molar-refractivity contribution in [3.63, 3.8) is 0 Å². The fraction of sp³-hybridized carbons (Fsp3) is 0.160. The summed E-state index contributed by atoms with van der Waals surface area (Å²) in [6.45, 7) is 0.221. The van der Waals surface area contributed by atoms with Crippen LogP contribution >= 0.6 is 0 Å². The largest absolute Gasteiger partial charge is 0.496 e. The Bertz CT molecular complexity index is 1260. The Morgan fingerprint density at radius 3 is 2.35 bits per heavy atom. The Kier molecular flexibility index (Phi) is 5.91. The molecule has 6 heteroatoms. The minimum absolute atomic E-state index is 0.181. The van der Waals surface area contributed by atoms with Gasteiger partial charge in [-0.1, -0.05) is 36.4 Å². The molecule has 0 atom stereocenters. The van der Waals surface area contributed by atoms with Gasteiger partial charge in [0.25, 0.3) is 0 Å². The molecule has 0 aliphatic carbocycles. The van der Waals surface area contributed by atoms with Crippen molar-refractivity contribution >= 4 is 11.0 Å². The third-order valence-electron chi connectivity index (χ3n) is 5.02. The molecule has 0 radical (unpaired) electrons. The second-order valence-corrected chi connectivity index (χ2v) is 6.95. The maximum atomic E-state index is 13.2. The van der Waals surface area contributed by atoms with Crippen LogP contribution in [0.3, 0.4) is 0 Å². The van der Waals surface area contributed by atoms with Gasteiger partial charge in [-0.25, -0.2) is 0 Å². The van der Waals surface area contributed by atoms with Gasteiger partial charge in [0.1, 0.15) is 29.6 Å². The summed E-state index contributed by atoms with van der Waals surface area (Å²) in [5.74, 6) is 1.44. The van der Waals surface area contributed by atoms with Gasteiger partial charge < -0.3 is 23.7 Å². The summed E-state index contributed by atoms with van der Waals surface area (Å²) >= 11 is 0. The van der Waals surface area contributed by atoms with Gasteiger partial charge in [-0.2, -0.15) is 0 Å². The van der Waals surface area contributed by atoms with Gasteiger partial charge in [-0.3, -0.25) is 4.79 Å². The van der Waals surface area contributed by atoms with Crippen molar-refractivity contribution < 1.29 is 23.7 Å². The zero-order valence-electron chi connectivity index (χ0n) is 17.3. The molecule has 0 spiro atoms. The van der Waals surface area contributed by atoms with Crippen molar-refractivity contribution in [3.05, 3.63) is 88.3 Å². The van der Waals surface area contributed by atoms with Gasteiger partial charge in [-0.15, -0.1) is 0 Å². The van der Waals surface area contributed by atoms with Crippen LogP contribution < -0.4 is 19.6 Å². The smallest absolute Gasteiger partial charge is 0.204 e. The summed E-state index contributed by atoms with van der Waals surface area (Å²) in [5, 5.41) is 9.74. The molecule has 0 aliphatic rings. The van der Waals surface area contributed by atoms with Crippen molar-refractivity contribution in [1.82, 2.24) is 0 Å². The number of hydrogen-bond acceptors (Lipinski definition) is 6. The second-order valence-electron chi connectivity index (χ2n) is 6.95. The molecule has 0 bridgehead atoms. The van der Waals surface area contributed by atoms with Crippen molar-refractivity contribution in [1.29, 1.82) is 0 Å². The number of fused-ring (bicyclic) bond motifs is 1. The van der Waals surface area contributed by atoms with Crippen LogP contribution in [0.1, 0.15) is 11.1 Å². The third-order valence-corrected chi connectivity index (χ3v) is 5.02. The molecule has 0 saturated heterocycles. The summed E-state index contributed by atoms with van der Waals surface area (Å²) in [7, 11) is 3.03. The Labute approximate surface area is 179 Å². The lowest BCUT2D eigenvalue weighted by Crippen LogP contribution is -2.07. The molecule has 0 unspecified atom stereocenters. The lowest BCUT2D eigenvalue weighted by atomic mass is 10.0. The van der Waals surface area contributed by atoms with Crippen molar-refractivity contribution in [2.75, 3.05) is 14.2 Å². The zero-order chi connectivity index (χ0) is 21.8. The van der Waals surface area contributed by atoms with E-state index in [0.717, 1.165) is 5.56 Å². The summed E-state index contributed by atoms with van der Waals surface area (Å²) < 4.78 is 22.5. The fourth-order valence-electron chi connectivity index (χ4n) is 3.41. The van der Waals surface area contributed by atoms with E-state index in [1.165, 1.54) is 13.4 Å². The van der Waals surface area contributed by atoms with E-state index in [-0.39, 0.29) is 12.0 Å². The highest BCUT2D eigenvalue weighted by Gasteiger charge is 2.16. The highest BCUT2D eigenvalue weighted by Crippen LogP contribution is 2.34. The second kappa shape index (κ2) is 8.93. The minimum atomic E-state index is -0.234. The van der Waals surface area contributed by atoms with E-state index in [2.05, 4.69) is 0 Å². The van der Waals surface area contributed by atoms with E-state index in [0.29, 0.717) is 51.5 Å². The van der Waals surface area contributed by atoms with Crippen LogP contribution in [-0.4, -0.2) is 19.3 Å². The average Bonchev–Trinajstić information content (AvgIpc) is 2.82. The van der Waals surface area contributed by atoms with Gasteiger partial charge in [0.15, 0.2) is 11.5 Å². The standard InChI is InChI=1S/C25H22O6/c1-28-21-12-18(8-9-20(21)30-14-16-6-4-3-5-7-16)19-15-31-23-11-17(13-26)10-22(29-2)24(23)25(19)27/h3-12,15,26H,13-14H2,1-2H3. The van der Waals surface area contributed by atoms with Crippen molar-refractivity contribution in [2.24, 2.45) is 0 Å². The highest BCUT2D eigenvalue weighted by molar-refractivity contribution is 5.88. The molecule has 6 nitrogen and oxygen atoms in total. The number of aliphatic hydroxyl groups is 1. The van der Waals surface area contributed by atoms with E-state index < -0.39 is 0 Å². The molecule has 1 aromatic heterocycles. The minimum Gasteiger partial charge on any atom is -0.496 e. The predicted molar refractivity (Wildman–Crippen MR) is 118 cm³/mol. The SMILES string of the molecule is COc1cc(-c2coc3cc(CO)cc(OC)c3c2=O)ccc1OCc1ccccc1. The van der Waals surface area contributed by atoms with Crippen LogP contribution in [0.2, 0.25) is 0 Å². The van der Waals surface area contributed by atoms with E-state index in [4.69, 9.17) is 18.6 Å². The van der Waals surface area contributed by atoms with Crippen molar-refractivity contribution in [2.45, 2.75) is 13.2 Å². The Balaban J connectivity index is 1.72. The van der Waals surface area contributed by atoms with E-state index in [9.17, 15) is 9.90 Å². The maximum absolute atomic E-state index is 13.2. The first-order valence-electron chi connectivity index (χ1n) is 9.73. The molecule has 1 heterocycles. The molecular formula is C25H22O6. The Morgan fingerprint density at radius 2 is 1.65 bits per heavy atom. The van der Waals surface area contributed by atoms with Crippen LogP contribution in [0.15, 0.2) is 76.1 Å². The highest BCUT2D eigenvalue weighted by atomic mass is 16.5. The van der Waals surface area contributed by atoms with Gasteiger partial charge in [0.05, 0.1) is 26.4 Å². The van der Waals surface area contributed by atoms with Crippen LogP contribution in [0.25, 0.3) is 22.1 Å². The molecular weight excluding hydrogens is 396 g/mol. The van der Waals surface area contributed by atoms with Gasteiger partial charge in [0.2, 0.25) is 5.43 Å². The van der Waals surface area contributed by atoms with Crippen LogP contribution in [0.4, 0.5) is 0 Å². The Morgan fingerprint density at radius 1 is 0.871 bits per heavy atom. The lowest BCUT2D eigenvalue weighted by Gasteiger charge is -2.13. The van der Waals surface area contributed by atoms with E-state index in [1.807, 2.05) is 30.3 Å². The van der Waals surface area contributed by atoms with Crippen LogP contribution in [-0.2, 0) is 13.2 Å².